The van der Waals surface area contributed by atoms with E-state index in [-0.39, 0.29) is 36.2 Å². The Balaban J connectivity index is 1.54. The van der Waals surface area contributed by atoms with Gasteiger partial charge < -0.3 is 15.0 Å². The van der Waals surface area contributed by atoms with Crippen LogP contribution < -0.4 is 5.32 Å². The molecule has 1 unspecified atom stereocenters. The fourth-order valence-electron chi connectivity index (χ4n) is 3.70. The number of hydrogen-bond acceptors (Lipinski definition) is 8. The van der Waals surface area contributed by atoms with E-state index in [4.69, 9.17) is 4.74 Å². The largest absolute Gasteiger partial charge is 0.466 e. The van der Waals surface area contributed by atoms with Crippen LogP contribution in [-0.4, -0.2) is 64.1 Å². The van der Waals surface area contributed by atoms with Crippen molar-refractivity contribution in [1.82, 2.24) is 20.2 Å². The van der Waals surface area contributed by atoms with Crippen LogP contribution in [0.4, 0.5) is 0 Å². The smallest absolute Gasteiger partial charge is 0.307 e. The second-order valence-electron chi connectivity index (χ2n) is 7.98. The highest BCUT2D eigenvalue weighted by Gasteiger charge is 2.28. The van der Waals surface area contributed by atoms with Crippen LogP contribution in [0.2, 0.25) is 0 Å². The third-order valence-corrected chi connectivity index (χ3v) is 7.39. The number of carbonyl (C=O) groups excluding carboxylic acids is 3. The molecule has 10 heteroatoms. The number of ether oxygens (including phenoxy) is 1. The predicted molar refractivity (Wildman–Crippen MR) is 133 cm³/mol. The van der Waals surface area contributed by atoms with Crippen LogP contribution in [0, 0.1) is 0 Å². The minimum atomic E-state index is -0.340. The van der Waals surface area contributed by atoms with Crippen molar-refractivity contribution in [1.29, 1.82) is 0 Å². The molecule has 2 aromatic heterocycles. The summed E-state index contributed by atoms with van der Waals surface area (Å²) in [5, 5.41) is 6.17. The molecule has 1 fully saturated rings. The Labute approximate surface area is 208 Å². The van der Waals surface area contributed by atoms with E-state index in [2.05, 4.69) is 21.9 Å². The number of hydrogen-bond donors (Lipinski definition) is 1. The van der Waals surface area contributed by atoms with E-state index in [9.17, 15) is 14.4 Å². The summed E-state index contributed by atoms with van der Waals surface area (Å²) in [7, 11) is 0. The molecule has 0 bridgehead atoms. The molecule has 1 atom stereocenters. The summed E-state index contributed by atoms with van der Waals surface area (Å²) >= 11 is 2.96. The number of nitrogens with one attached hydrogen (secondary N) is 1. The number of pyridine rings is 1. The van der Waals surface area contributed by atoms with E-state index in [1.165, 1.54) is 23.1 Å². The van der Waals surface area contributed by atoms with Crippen molar-refractivity contribution < 1.29 is 19.1 Å². The molecule has 2 aromatic rings. The maximum absolute atomic E-state index is 13.1. The van der Waals surface area contributed by atoms with Gasteiger partial charge >= 0.3 is 5.97 Å². The Kier molecular flexibility index (Phi) is 9.64. The van der Waals surface area contributed by atoms with Crippen LogP contribution >= 0.6 is 23.1 Å². The Hall–Kier alpha value is -2.72. The highest BCUT2D eigenvalue weighted by molar-refractivity contribution is 7.99. The van der Waals surface area contributed by atoms with Crippen molar-refractivity contribution in [3.8, 4) is 0 Å². The van der Waals surface area contributed by atoms with Gasteiger partial charge in [-0.1, -0.05) is 6.08 Å². The molecule has 0 spiro atoms. The van der Waals surface area contributed by atoms with Gasteiger partial charge in [0.25, 0.3) is 11.8 Å². The summed E-state index contributed by atoms with van der Waals surface area (Å²) in [6.45, 7) is 8.81. The van der Waals surface area contributed by atoms with Crippen LogP contribution in [0.1, 0.15) is 64.9 Å². The molecule has 2 amide bonds. The number of rotatable bonds is 10. The Morgan fingerprint density at radius 2 is 2.15 bits per heavy atom. The van der Waals surface area contributed by atoms with E-state index in [1.54, 1.807) is 37.6 Å². The van der Waals surface area contributed by atoms with Crippen LogP contribution in [-0.2, 0) is 9.53 Å². The second kappa shape index (κ2) is 12.7. The first-order chi connectivity index (χ1) is 16.4. The summed E-state index contributed by atoms with van der Waals surface area (Å²) in [6.07, 6.45) is 5.18. The molecule has 0 radical (unpaired) electrons. The Morgan fingerprint density at radius 3 is 2.85 bits per heavy atom. The fourth-order valence-corrected chi connectivity index (χ4v) is 5.40. The lowest BCUT2D eigenvalue weighted by molar-refractivity contribution is -0.143. The highest BCUT2D eigenvalue weighted by atomic mass is 32.2. The fraction of sp³-hybridized carbons (Fsp3) is 0.458. The first-order valence-electron chi connectivity index (χ1n) is 11.3. The molecule has 0 saturated carbocycles. The van der Waals surface area contributed by atoms with Gasteiger partial charge in [-0.2, -0.15) is 0 Å². The molecular weight excluding hydrogens is 472 g/mol. The van der Waals surface area contributed by atoms with Crippen molar-refractivity contribution in [3.63, 3.8) is 0 Å². The average molecular weight is 503 g/mol. The van der Waals surface area contributed by atoms with Crippen molar-refractivity contribution in [2.45, 2.75) is 50.1 Å². The van der Waals surface area contributed by atoms with Gasteiger partial charge in [0.2, 0.25) is 0 Å². The summed E-state index contributed by atoms with van der Waals surface area (Å²) in [4.78, 5) is 47.9. The minimum absolute atomic E-state index is 0.00657. The number of amides is 2. The monoisotopic (exact) mass is 502 g/mol. The molecular formula is C24H30N4O4S2. The minimum Gasteiger partial charge on any atom is -0.466 e. The maximum Gasteiger partial charge on any atom is 0.307 e. The van der Waals surface area contributed by atoms with Gasteiger partial charge in [0, 0.05) is 42.4 Å². The van der Waals surface area contributed by atoms with Gasteiger partial charge in [0.05, 0.1) is 23.6 Å². The lowest BCUT2D eigenvalue weighted by Gasteiger charge is -2.31. The molecule has 8 nitrogen and oxygen atoms in total. The first kappa shape index (κ1) is 25.9. The number of esters is 1. The van der Waals surface area contributed by atoms with Crippen molar-refractivity contribution in [2.24, 2.45) is 0 Å². The standard InChI is InChI=1S/C24H30N4O4S2/c1-4-13-33-23-18(7-6-10-25-23)24(31)28-11-8-17(9-12-28)22-27-19(15-34-22)21(30)26-16(3)14-20(29)32-5-2/h4,6-7,10,15-17H,1,5,8-9,11-14H2,2-3H3,(H,26,30). The molecule has 1 N–H and O–H groups in total. The predicted octanol–water partition coefficient (Wildman–Crippen LogP) is 3.91. The summed E-state index contributed by atoms with van der Waals surface area (Å²) in [5.74, 6) is 0.256. The van der Waals surface area contributed by atoms with E-state index in [1.807, 2.05) is 11.0 Å². The second-order valence-corrected chi connectivity index (χ2v) is 9.88. The molecule has 3 heterocycles. The number of thiazole rings is 1. The zero-order chi connectivity index (χ0) is 24.5. The molecule has 182 valence electrons. The van der Waals surface area contributed by atoms with Gasteiger partial charge in [0.1, 0.15) is 10.7 Å². The van der Waals surface area contributed by atoms with Gasteiger partial charge in [-0.25, -0.2) is 9.97 Å². The third-order valence-electron chi connectivity index (χ3n) is 5.38. The molecule has 0 aliphatic carbocycles. The molecule has 3 rings (SSSR count). The molecule has 0 aromatic carbocycles. The number of carbonyl (C=O) groups is 3. The van der Waals surface area contributed by atoms with Crippen LogP contribution in [0.3, 0.4) is 0 Å². The van der Waals surface area contributed by atoms with Crippen molar-refractivity contribution in [3.05, 3.63) is 52.6 Å². The normalized spacial score (nSPS) is 14.9. The first-order valence-corrected chi connectivity index (χ1v) is 13.2. The van der Waals surface area contributed by atoms with Gasteiger partial charge in [0.15, 0.2) is 0 Å². The lowest BCUT2D eigenvalue weighted by atomic mass is 9.97. The van der Waals surface area contributed by atoms with Crippen LogP contribution in [0.25, 0.3) is 0 Å². The lowest BCUT2D eigenvalue weighted by Crippen LogP contribution is -2.38. The van der Waals surface area contributed by atoms with Gasteiger partial charge in [-0.3, -0.25) is 14.4 Å². The molecule has 1 aliphatic heterocycles. The zero-order valence-electron chi connectivity index (χ0n) is 19.5. The SMILES string of the molecule is C=CCSc1ncccc1C(=O)N1CCC(c2nc(C(=O)NC(C)CC(=O)OCC)cs2)CC1. The molecule has 1 saturated heterocycles. The number of piperidine rings is 1. The summed E-state index contributed by atoms with van der Waals surface area (Å²) in [5.41, 5.74) is 0.978. The van der Waals surface area contributed by atoms with Gasteiger partial charge in [-0.15, -0.1) is 29.7 Å². The van der Waals surface area contributed by atoms with E-state index in [0.29, 0.717) is 36.7 Å². The Bertz CT molecular complexity index is 1020. The average Bonchev–Trinajstić information content (AvgIpc) is 3.33. The van der Waals surface area contributed by atoms with Crippen molar-refractivity contribution in [2.75, 3.05) is 25.4 Å². The maximum atomic E-state index is 13.1. The van der Waals surface area contributed by atoms with E-state index < -0.39 is 0 Å². The van der Waals surface area contributed by atoms with Crippen molar-refractivity contribution >= 4 is 40.9 Å². The quantitative estimate of drug-likeness (QED) is 0.299. The van der Waals surface area contributed by atoms with E-state index in [0.717, 1.165) is 22.9 Å². The number of thioether (sulfide) groups is 1. The highest BCUT2D eigenvalue weighted by Crippen LogP contribution is 2.31. The van der Waals surface area contributed by atoms with Crippen LogP contribution in [0.15, 0.2) is 41.4 Å². The number of nitrogens with zero attached hydrogens (tertiary/aromatic N) is 3. The van der Waals surface area contributed by atoms with Crippen LogP contribution in [0.5, 0.6) is 0 Å². The zero-order valence-corrected chi connectivity index (χ0v) is 21.1. The van der Waals surface area contributed by atoms with Gasteiger partial charge in [-0.05, 0) is 38.8 Å². The molecule has 34 heavy (non-hydrogen) atoms. The summed E-state index contributed by atoms with van der Waals surface area (Å²) < 4.78 is 4.92. The number of aromatic nitrogens is 2. The Morgan fingerprint density at radius 1 is 1.38 bits per heavy atom. The summed E-state index contributed by atoms with van der Waals surface area (Å²) in [6, 6.07) is 3.27. The number of likely N-dealkylation sites (tertiary alicyclic amines) is 1. The third kappa shape index (κ3) is 6.89. The topological polar surface area (TPSA) is 101 Å². The van der Waals surface area contributed by atoms with E-state index >= 15 is 0 Å². The molecule has 1 aliphatic rings.